The zero-order valence-electron chi connectivity index (χ0n) is 15.3. The molecule has 4 rings (SSSR count). The summed E-state index contributed by atoms with van der Waals surface area (Å²) >= 11 is 1.51. The van der Waals surface area contributed by atoms with Crippen LogP contribution >= 0.6 is 11.3 Å². The fourth-order valence-electron chi connectivity index (χ4n) is 3.12. The lowest BCUT2D eigenvalue weighted by Gasteiger charge is -2.25. The highest BCUT2D eigenvalue weighted by Gasteiger charge is 2.30. The molecule has 0 fully saturated rings. The molecule has 0 N–H and O–H groups in total. The number of nitrogens with zero attached hydrogens (tertiary/aromatic N) is 2. The summed E-state index contributed by atoms with van der Waals surface area (Å²) in [5.41, 5.74) is 1.93. The van der Waals surface area contributed by atoms with E-state index in [9.17, 15) is 12.8 Å². The van der Waals surface area contributed by atoms with Crippen molar-refractivity contribution in [1.82, 2.24) is 9.29 Å². The van der Waals surface area contributed by atoms with Crippen molar-refractivity contribution in [2.24, 2.45) is 0 Å². The molecule has 0 amide bonds. The molecule has 0 saturated heterocycles. The Balaban J connectivity index is 1.57. The number of benzene rings is 2. The van der Waals surface area contributed by atoms with Gasteiger partial charge in [-0.15, -0.1) is 11.3 Å². The summed E-state index contributed by atoms with van der Waals surface area (Å²) < 4.78 is 45.7. The second-order valence-electron chi connectivity index (χ2n) is 6.39. The van der Waals surface area contributed by atoms with Gasteiger partial charge in [-0.25, -0.2) is 17.8 Å². The predicted octanol–water partition coefficient (Wildman–Crippen LogP) is 4.09. The molecule has 146 valence electrons. The number of halogens is 1. The standard InChI is InChI=1S/C20H19FN2O3S2/c1-2-26-16-7-3-14(4-8-16)20-22-18-11-12-23(13-19(18)27-20)28(24,25)17-9-5-15(21)6-10-17/h3-10H,2,11-13H2,1H3. The van der Waals surface area contributed by atoms with E-state index in [1.54, 1.807) is 0 Å². The Labute approximate surface area is 167 Å². The van der Waals surface area contributed by atoms with Crippen molar-refractivity contribution in [1.29, 1.82) is 0 Å². The molecule has 1 aromatic heterocycles. The third-order valence-electron chi connectivity index (χ3n) is 4.56. The van der Waals surface area contributed by atoms with Gasteiger partial charge in [0.2, 0.25) is 10.0 Å². The number of rotatable bonds is 5. The van der Waals surface area contributed by atoms with Gasteiger partial charge in [0.05, 0.1) is 23.7 Å². The van der Waals surface area contributed by atoms with Gasteiger partial charge >= 0.3 is 0 Å². The maximum Gasteiger partial charge on any atom is 0.243 e. The fourth-order valence-corrected chi connectivity index (χ4v) is 5.74. The Kier molecular flexibility index (Phi) is 5.18. The van der Waals surface area contributed by atoms with Crippen LogP contribution < -0.4 is 4.74 Å². The van der Waals surface area contributed by atoms with E-state index in [0.717, 1.165) is 26.9 Å². The number of fused-ring (bicyclic) bond motifs is 1. The first kappa shape index (κ1) is 19.0. The third kappa shape index (κ3) is 3.67. The molecule has 1 aliphatic heterocycles. The van der Waals surface area contributed by atoms with Crippen molar-refractivity contribution >= 4 is 21.4 Å². The summed E-state index contributed by atoms with van der Waals surface area (Å²) in [5, 5.41) is 0.870. The molecule has 0 spiro atoms. The molecule has 0 unspecified atom stereocenters. The van der Waals surface area contributed by atoms with Crippen LogP contribution in [0.25, 0.3) is 10.6 Å². The Bertz CT molecular complexity index is 1080. The van der Waals surface area contributed by atoms with Gasteiger partial charge < -0.3 is 4.74 Å². The monoisotopic (exact) mass is 418 g/mol. The van der Waals surface area contributed by atoms with Crippen molar-refractivity contribution < 1.29 is 17.5 Å². The topological polar surface area (TPSA) is 59.5 Å². The van der Waals surface area contributed by atoms with Gasteiger partial charge in [0.1, 0.15) is 16.6 Å². The van der Waals surface area contributed by atoms with Gasteiger partial charge in [0, 0.05) is 23.4 Å². The minimum atomic E-state index is -3.66. The van der Waals surface area contributed by atoms with Gasteiger partial charge in [-0.05, 0) is 55.5 Å². The van der Waals surface area contributed by atoms with Gasteiger partial charge in [-0.2, -0.15) is 4.31 Å². The van der Waals surface area contributed by atoms with Gasteiger partial charge in [0.25, 0.3) is 0 Å². The molecule has 3 aromatic rings. The first-order valence-corrected chi connectivity index (χ1v) is 11.2. The van der Waals surface area contributed by atoms with Crippen LogP contribution in [0.4, 0.5) is 4.39 Å². The summed E-state index contributed by atoms with van der Waals surface area (Å²) in [6.07, 6.45) is 0.559. The summed E-state index contributed by atoms with van der Waals surface area (Å²) in [4.78, 5) is 5.75. The van der Waals surface area contributed by atoms with E-state index in [0.29, 0.717) is 19.6 Å². The van der Waals surface area contributed by atoms with Crippen molar-refractivity contribution in [3.8, 4) is 16.3 Å². The zero-order chi connectivity index (χ0) is 19.7. The minimum absolute atomic E-state index is 0.105. The number of ether oxygens (including phenoxy) is 1. The average molecular weight is 419 g/mol. The molecule has 0 saturated carbocycles. The molecular formula is C20H19FN2O3S2. The molecule has 5 nitrogen and oxygen atoms in total. The summed E-state index contributed by atoms with van der Waals surface area (Å²) in [6.45, 7) is 3.20. The van der Waals surface area contributed by atoms with Crippen molar-refractivity contribution in [2.45, 2.75) is 24.8 Å². The Hall–Kier alpha value is -2.29. The van der Waals surface area contributed by atoms with Crippen LogP contribution in [0.15, 0.2) is 53.4 Å². The highest BCUT2D eigenvalue weighted by Crippen LogP contribution is 2.34. The van der Waals surface area contributed by atoms with Crippen LogP contribution in [0.1, 0.15) is 17.5 Å². The van der Waals surface area contributed by atoms with Crippen LogP contribution in [-0.4, -0.2) is 30.9 Å². The summed E-state index contributed by atoms with van der Waals surface area (Å²) in [7, 11) is -3.66. The number of sulfonamides is 1. The maximum absolute atomic E-state index is 13.1. The predicted molar refractivity (Wildman–Crippen MR) is 106 cm³/mol. The molecule has 0 atom stereocenters. The first-order chi connectivity index (χ1) is 13.5. The molecule has 8 heteroatoms. The van der Waals surface area contributed by atoms with Gasteiger partial charge in [-0.1, -0.05) is 0 Å². The quantitative estimate of drug-likeness (QED) is 0.626. The second-order valence-corrected chi connectivity index (χ2v) is 9.41. The van der Waals surface area contributed by atoms with Crippen molar-refractivity contribution in [3.63, 3.8) is 0 Å². The van der Waals surface area contributed by atoms with E-state index in [1.165, 1.54) is 39.9 Å². The number of aromatic nitrogens is 1. The normalized spacial score (nSPS) is 14.6. The highest BCUT2D eigenvalue weighted by atomic mass is 32.2. The average Bonchev–Trinajstić information content (AvgIpc) is 3.12. The third-order valence-corrected chi connectivity index (χ3v) is 7.55. The lowest BCUT2D eigenvalue weighted by Crippen LogP contribution is -2.35. The zero-order valence-corrected chi connectivity index (χ0v) is 16.9. The number of hydrogen-bond acceptors (Lipinski definition) is 5. The smallest absolute Gasteiger partial charge is 0.243 e. The molecule has 2 heterocycles. The Morgan fingerprint density at radius 2 is 1.86 bits per heavy atom. The highest BCUT2D eigenvalue weighted by molar-refractivity contribution is 7.89. The van der Waals surface area contributed by atoms with E-state index in [-0.39, 0.29) is 11.4 Å². The van der Waals surface area contributed by atoms with Gasteiger partial charge in [-0.3, -0.25) is 0 Å². The number of hydrogen-bond donors (Lipinski definition) is 0. The van der Waals surface area contributed by atoms with Crippen molar-refractivity contribution in [3.05, 3.63) is 64.9 Å². The molecule has 0 aliphatic carbocycles. The molecular weight excluding hydrogens is 399 g/mol. The van der Waals surface area contributed by atoms with Gasteiger partial charge in [0.15, 0.2) is 0 Å². The van der Waals surface area contributed by atoms with E-state index < -0.39 is 15.8 Å². The molecule has 0 bridgehead atoms. The molecule has 2 aromatic carbocycles. The van der Waals surface area contributed by atoms with Crippen LogP contribution in [0.2, 0.25) is 0 Å². The second kappa shape index (κ2) is 7.62. The lowest BCUT2D eigenvalue weighted by atomic mass is 10.2. The molecule has 1 aliphatic rings. The van der Waals surface area contributed by atoms with E-state index in [2.05, 4.69) is 0 Å². The maximum atomic E-state index is 13.1. The number of thiazole rings is 1. The molecule has 0 radical (unpaired) electrons. The Morgan fingerprint density at radius 1 is 1.14 bits per heavy atom. The van der Waals surface area contributed by atoms with Crippen molar-refractivity contribution in [2.75, 3.05) is 13.2 Å². The van der Waals surface area contributed by atoms with Crippen LogP contribution in [0.5, 0.6) is 5.75 Å². The van der Waals surface area contributed by atoms with E-state index in [4.69, 9.17) is 9.72 Å². The summed E-state index contributed by atoms with van der Waals surface area (Å²) in [6, 6.07) is 12.7. The lowest BCUT2D eigenvalue weighted by molar-refractivity contribution is 0.340. The van der Waals surface area contributed by atoms with E-state index >= 15 is 0 Å². The van der Waals surface area contributed by atoms with Crippen LogP contribution in [0, 0.1) is 5.82 Å². The van der Waals surface area contributed by atoms with E-state index in [1.807, 2.05) is 31.2 Å². The largest absolute Gasteiger partial charge is 0.494 e. The minimum Gasteiger partial charge on any atom is -0.494 e. The SMILES string of the molecule is CCOc1ccc(-c2nc3c(s2)CN(S(=O)(=O)c2ccc(F)cc2)CC3)cc1. The van der Waals surface area contributed by atoms with Crippen LogP contribution in [0.3, 0.4) is 0 Å². The Morgan fingerprint density at radius 3 is 2.54 bits per heavy atom. The fraction of sp³-hybridized carbons (Fsp3) is 0.250. The molecule has 28 heavy (non-hydrogen) atoms. The summed E-state index contributed by atoms with van der Waals surface area (Å²) in [5.74, 6) is 0.353. The van der Waals surface area contributed by atoms with Crippen LogP contribution in [-0.2, 0) is 23.0 Å². The first-order valence-electron chi connectivity index (χ1n) is 8.95.